The van der Waals surface area contributed by atoms with E-state index in [9.17, 15) is 19.2 Å². The number of hydrogen-bond acceptors (Lipinski definition) is 8. The van der Waals surface area contributed by atoms with Crippen molar-refractivity contribution in [1.29, 1.82) is 0 Å². The van der Waals surface area contributed by atoms with Crippen LogP contribution in [0.25, 0.3) is 21.5 Å². The molecule has 0 aliphatic rings. The lowest BCUT2D eigenvalue weighted by atomic mass is 10.0. The molecular weight excluding hydrogens is 488 g/mol. The first-order chi connectivity index (χ1) is 17.8. The highest BCUT2D eigenvalue weighted by molar-refractivity contribution is 6.07. The third kappa shape index (κ3) is 5.87. The van der Waals surface area contributed by atoms with Gasteiger partial charge >= 0.3 is 23.9 Å². The van der Waals surface area contributed by atoms with Crippen molar-refractivity contribution in [2.45, 2.75) is 27.7 Å². The first kappa shape index (κ1) is 27.6. The second kappa shape index (κ2) is 11.0. The number of ether oxygens (including phenoxy) is 4. The maximum Gasteiger partial charge on any atom is 0.338 e. The first-order valence-corrected chi connectivity index (χ1v) is 11.3. The smallest absolute Gasteiger partial charge is 0.338 e. The van der Waals surface area contributed by atoms with Crippen molar-refractivity contribution < 1.29 is 38.1 Å². The van der Waals surface area contributed by atoms with E-state index in [0.29, 0.717) is 21.5 Å². The van der Waals surface area contributed by atoms with Gasteiger partial charge in [-0.3, -0.25) is 0 Å². The highest BCUT2D eigenvalue weighted by Crippen LogP contribution is 2.43. The molecule has 3 aromatic carbocycles. The Bertz CT molecular complexity index is 1470. The van der Waals surface area contributed by atoms with Crippen molar-refractivity contribution in [3.8, 4) is 23.0 Å². The van der Waals surface area contributed by atoms with Crippen molar-refractivity contribution in [3.63, 3.8) is 0 Å². The zero-order valence-electron chi connectivity index (χ0n) is 21.6. The molecule has 0 amide bonds. The molecule has 38 heavy (non-hydrogen) atoms. The van der Waals surface area contributed by atoms with Gasteiger partial charge in [0.05, 0.1) is 0 Å². The summed E-state index contributed by atoms with van der Waals surface area (Å²) in [5.41, 5.74) is 0.582. The molecule has 0 N–H and O–H groups in total. The van der Waals surface area contributed by atoms with Crippen LogP contribution in [0.5, 0.6) is 23.0 Å². The van der Waals surface area contributed by atoms with E-state index in [2.05, 4.69) is 26.3 Å². The van der Waals surface area contributed by atoms with Crippen molar-refractivity contribution in [1.82, 2.24) is 0 Å². The highest BCUT2D eigenvalue weighted by atomic mass is 16.6. The second-order valence-electron chi connectivity index (χ2n) is 8.76. The molecule has 0 aromatic heterocycles. The minimum absolute atomic E-state index is 0.000363. The van der Waals surface area contributed by atoms with E-state index >= 15 is 0 Å². The summed E-state index contributed by atoms with van der Waals surface area (Å²) in [7, 11) is 0. The monoisotopic (exact) mass is 514 g/mol. The van der Waals surface area contributed by atoms with Gasteiger partial charge < -0.3 is 18.9 Å². The average molecular weight is 515 g/mol. The standard InChI is InChI=1S/C30H26O8/c1-15(2)27(31)35-23-11-9-19-14-22-20(13-21(19)25(23)37-29(33)17(5)6)10-12-24(36-28(32)16(3)4)26(22)38-30(34)18(7)8/h9-14H,1,3,5,7H2,2,4,6,8H3. The van der Waals surface area contributed by atoms with Crippen molar-refractivity contribution in [3.05, 3.63) is 85.0 Å². The molecule has 0 heterocycles. The minimum Gasteiger partial charge on any atom is -0.419 e. The molecule has 0 saturated heterocycles. The normalized spacial score (nSPS) is 10.4. The summed E-state index contributed by atoms with van der Waals surface area (Å²) >= 11 is 0. The number of carbonyl (C=O) groups is 4. The van der Waals surface area contributed by atoms with Gasteiger partial charge in [0.25, 0.3) is 0 Å². The molecular formula is C30H26O8. The van der Waals surface area contributed by atoms with Gasteiger partial charge in [0.2, 0.25) is 0 Å². The van der Waals surface area contributed by atoms with E-state index in [4.69, 9.17) is 18.9 Å². The van der Waals surface area contributed by atoms with Gasteiger partial charge in [0, 0.05) is 33.1 Å². The van der Waals surface area contributed by atoms with E-state index < -0.39 is 23.9 Å². The van der Waals surface area contributed by atoms with Gasteiger partial charge in [0.15, 0.2) is 23.0 Å². The molecule has 8 nitrogen and oxygen atoms in total. The quantitative estimate of drug-likeness (QED) is 0.158. The largest absolute Gasteiger partial charge is 0.419 e. The van der Waals surface area contributed by atoms with Gasteiger partial charge in [-0.15, -0.1) is 0 Å². The molecule has 3 rings (SSSR count). The SMILES string of the molecule is C=C(C)C(=O)Oc1ccc2cc3c(OC(=O)C(=C)C)c(OC(=O)C(=C)C)ccc3cc2c1OC(=O)C(=C)C. The summed E-state index contributed by atoms with van der Waals surface area (Å²) in [6.07, 6.45) is 0. The Labute approximate surface area is 219 Å². The van der Waals surface area contributed by atoms with E-state index in [1.165, 1.54) is 39.8 Å². The van der Waals surface area contributed by atoms with Gasteiger partial charge in [-0.1, -0.05) is 38.4 Å². The second-order valence-corrected chi connectivity index (χ2v) is 8.76. The van der Waals surface area contributed by atoms with E-state index in [1.54, 1.807) is 24.3 Å². The average Bonchev–Trinajstić information content (AvgIpc) is 2.85. The lowest BCUT2D eigenvalue weighted by Gasteiger charge is -2.16. The highest BCUT2D eigenvalue weighted by Gasteiger charge is 2.22. The summed E-state index contributed by atoms with van der Waals surface area (Å²) in [6.45, 7) is 20.3. The van der Waals surface area contributed by atoms with Crippen LogP contribution in [0.15, 0.2) is 85.0 Å². The Kier molecular flexibility index (Phi) is 7.96. The molecule has 0 radical (unpaired) electrons. The number of carbonyl (C=O) groups excluding carboxylic acids is 4. The lowest BCUT2D eigenvalue weighted by molar-refractivity contribution is -0.132. The van der Waals surface area contributed by atoms with Crippen LogP contribution in [0.2, 0.25) is 0 Å². The summed E-state index contributed by atoms with van der Waals surface area (Å²) in [5, 5.41) is 1.91. The van der Waals surface area contributed by atoms with Crippen LogP contribution in [0, 0.1) is 0 Å². The topological polar surface area (TPSA) is 105 Å². The number of benzene rings is 3. The predicted octanol–water partition coefficient (Wildman–Crippen LogP) is 5.92. The molecule has 0 spiro atoms. The molecule has 0 unspecified atom stereocenters. The Morgan fingerprint density at radius 1 is 0.500 bits per heavy atom. The molecule has 0 saturated carbocycles. The van der Waals surface area contributed by atoms with Crippen molar-refractivity contribution in [2.75, 3.05) is 0 Å². The molecule has 8 heteroatoms. The van der Waals surface area contributed by atoms with Gasteiger partial charge in [-0.2, -0.15) is 0 Å². The van der Waals surface area contributed by atoms with Crippen molar-refractivity contribution in [2.24, 2.45) is 0 Å². The van der Waals surface area contributed by atoms with E-state index in [1.807, 2.05) is 0 Å². The summed E-state index contributed by atoms with van der Waals surface area (Å²) in [4.78, 5) is 49.3. The number of esters is 4. The molecule has 0 fully saturated rings. The lowest BCUT2D eigenvalue weighted by Crippen LogP contribution is -2.13. The van der Waals surface area contributed by atoms with Gasteiger partial charge in [0.1, 0.15) is 0 Å². The molecule has 194 valence electrons. The zero-order chi connectivity index (χ0) is 28.3. The Morgan fingerprint density at radius 2 is 0.789 bits per heavy atom. The fourth-order valence-corrected chi connectivity index (χ4v) is 3.15. The molecule has 0 atom stereocenters. The van der Waals surface area contributed by atoms with Crippen LogP contribution >= 0.6 is 0 Å². The summed E-state index contributed by atoms with van der Waals surface area (Å²) < 4.78 is 21.9. The maximum absolute atomic E-state index is 12.4. The molecule has 3 aromatic rings. The minimum atomic E-state index is -0.719. The summed E-state index contributed by atoms with van der Waals surface area (Å²) in [6, 6.07) is 9.50. The fourth-order valence-electron chi connectivity index (χ4n) is 3.15. The van der Waals surface area contributed by atoms with Crippen LogP contribution in [0.4, 0.5) is 0 Å². The van der Waals surface area contributed by atoms with Crippen molar-refractivity contribution >= 4 is 45.4 Å². The molecule has 0 bridgehead atoms. The molecule has 0 aliphatic heterocycles. The Hall–Kier alpha value is -4.98. The zero-order valence-corrected chi connectivity index (χ0v) is 21.6. The van der Waals surface area contributed by atoms with Crippen LogP contribution in [-0.2, 0) is 19.2 Å². The first-order valence-electron chi connectivity index (χ1n) is 11.3. The third-order valence-corrected chi connectivity index (χ3v) is 5.18. The van der Waals surface area contributed by atoms with Crippen LogP contribution in [0.1, 0.15) is 27.7 Å². The van der Waals surface area contributed by atoms with Crippen LogP contribution < -0.4 is 18.9 Å². The Morgan fingerprint density at radius 3 is 1.08 bits per heavy atom. The maximum atomic E-state index is 12.4. The van der Waals surface area contributed by atoms with E-state index in [-0.39, 0.29) is 45.3 Å². The van der Waals surface area contributed by atoms with Gasteiger partial charge in [-0.25, -0.2) is 19.2 Å². The van der Waals surface area contributed by atoms with E-state index in [0.717, 1.165) is 0 Å². The number of hydrogen-bond donors (Lipinski definition) is 0. The van der Waals surface area contributed by atoms with Gasteiger partial charge in [-0.05, 0) is 62.7 Å². The predicted molar refractivity (Wildman–Crippen MR) is 143 cm³/mol. The Balaban J connectivity index is 2.31. The van der Waals surface area contributed by atoms with Crippen LogP contribution in [-0.4, -0.2) is 23.9 Å². The molecule has 0 aliphatic carbocycles. The van der Waals surface area contributed by atoms with Crippen LogP contribution in [0.3, 0.4) is 0 Å². The fraction of sp³-hybridized carbons (Fsp3) is 0.133. The summed E-state index contributed by atoms with van der Waals surface area (Å²) in [5.74, 6) is -2.85. The third-order valence-electron chi connectivity index (χ3n) is 5.18. The number of rotatable bonds is 8. The number of fused-ring (bicyclic) bond motifs is 2.